The summed E-state index contributed by atoms with van der Waals surface area (Å²) in [4.78, 5) is 15.1. The Labute approximate surface area is 318 Å². The average molecular weight is 709 g/mol. The molecule has 262 valence electrons. The van der Waals surface area contributed by atoms with Crippen molar-refractivity contribution in [3.8, 4) is 28.2 Å². The normalized spacial score (nSPS) is 15.5. The standard InChI is InChI=1S/C50H36N4O/c1-29-11-10-18-46-47(29)42-28-36(22-24-45(42)55-46)54-43-23-21-35(26-40(43)41-25-33-13-4-5-14-34(33)27-44(41)54)37-15-8-9-17-39(37)49-51-31(3)52-50(53-49)48-30(2)19-20-32-12-6-7-16-38(32)48/h4-28,30,48H,1-3H3. The number of hydrogen-bond donors (Lipinski definition) is 0. The van der Waals surface area contributed by atoms with Crippen molar-refractivity contribution >= 4 is 60.6 Å². The van der Waals surface area contributed by atoms with Gasteiger partial charge in [0.05, 0.1) is 17.0 Å². The van der Waals surface area contributed by atoms with Crippen LogP contribution in [0, 0.1) is 19.8 Å². The van der Waals surface area contributed by atoms with Crippen molar-refractivity contribution in [2.45, 2.75) is 26.7 Å². The molecule has 0 fully saturated rings. The molecule has 0 radical (unpaired) electrons. The van der Waals surface area contributed by atoms with Crippen LogP contribution >= 0.6 is 0 Å². The number of furan rings is 1. The van der Waals surface area contributed by atoms with Gasteiger partial charge >= 0.3 is 0 Å². The van der Waals surface area contributed by atoms with Crippen LogP contribution in [-0.4, -0.2) is 19.5 Å². The monoisotopic (exact) mass is 708 g/mol. The van der Waals surface area contributed by atoms with Gasteiger partial charge in [-0.3, -0.25) is 0 Å². The molecule has 5 heteroatoms. The van der Waals surface area contributed by atoms with Crippen molar-refractivity contribution in [2.24, 2.45) is 5.92 Å². The van der Waals surface area contributed by atoms with E-state index < -0.39 is 0 Å². The number of fused-ring (bicyclic) bond motifs is 8. The van der Waals surface area contributed by atoms with Crippen LogP contribution in [0.1, 0.15) is 41.2 Å². The quantitative estimate of drug-likeness (QED) is 0.183. The van der Waals surface area contributed by atoms with Gasteiger partial charge in [0.25, 0.3) is 0 Å². The van der Waals surface area contributed by atoms with Gasteiger partial charge in [-0.15, -0.1) is 0 Å². The maximum Gasteiger partial charge on any atom is 0.163 e. The highest BCUT2D eigenvalue weighted by Crippen LogP contribution is 2.42. The first-order valence-corrected chi connectivity index (χ1v) is 19.0. The molecule has 0 saturated carbocycles. The number of nitrogens with zero attached hydrogens (tertiary/aromatic N) is 4. The van der Waals surface area contributed by atoms with Crippen LogP contribution in [0.4, 0.5) is 0 Å². The Morgan fingerprint density at radius 3 is 2.27 bits per heavy atom. The lowest BCUT2D eigenvalue weighted by Crippen LogP contribution is -2.18. The Balaban J connectivity index is 1.11. The molecule has 0 amide bonds. The molecule has 1 aliphatic rings. The summed E-state index contributed by atoms with van der Waals surface area (Å²) in [5.74, 6) is 2.53. The van der Waals surface area contributed by atoms with E-state index in [4.69, 9.17) is 19.4 Å². The molecular weight excluding hydrogens is 673 g/mol. The number of allylic oxidation sites excluding steroid dienone is 1. The molecule has 10 aromatic rings. The Hall–Kier alpha value is -6.85. The van der Waals surface area contributed by atoms with Crippen LogP contribution in [0.25, 0.3) is 88.8 Å². The van der Waals surface area contributed by atoms with Crippen LogP contribution < -0.4 is 0 Å². The molecule has 0 bridgehead atoms. The molecule has 1 aliphatic carbocycles. The molecule has 2 unspecified atom stereocenters. The summed E-state index contributed by atoms with van der Waals surface area (Å²) in [7, 11) is 0. The predicted molar refractivity (Wildman–Crippen MR) is 226 cm³/mol. The Morgan fingerprint density at radius 2 is 1.38 bits per heavy atom. The zero-order valence-electron chi connectivity index (χ0n) is 30.8. The fourth-order valence-corrected chi connectivity index (χ4v) is 8.94. The second kappa shape index (κ2) is 12.1. The van der Waals surface area contributed by atoms with E-state index in [0.29, 0.717) is 5.82 Å². The fraction of sp³-hybridized carbons (Fsp3) is 0.100. The predicted octanol–water partition coefficient (Wildman–Crippen LogP) is 12.8. The summed E-state index contributed by atoms with van der Waals surface area (Å²) in [5, 5.41) is 7.11. The zero-order valence-corrected chi connectivity index (χ0v) is 30.8. The molecule has 7 aromatic carbocycles. The largest absolute Gasteiger partial charge is 0.456 e. The molecular formula is C50H36N4O. The van der Waals surface area contributed by atoms with E-state index in [0.717, 1.165) is 61.6 Å². The minimum atomic E-state index is 0.0503. The van der Waals surface area contributed by atoms with E-state index in [9.17, 15) is 0 Å². The summed E-state index contributed by atoms with van der Waals surface area (Å²) in [6.07, 6.45) is 4.49. The zero-order chi connectivity index (χ0) is 36.8. The molecule has 0 N–H and O–H groups in total. The number of benzene rings is 7. The average Bonchev–Trinajstić information content (AvgIpc) is 3.74. The molecule has 55 heavy (non-hydrogen) atoms. The van der Waals surface area contributed by atoms with Crippen LogP contribution in [0.3, 0.4) is 0 Å². The first-order chi connectivity index (χ1) is 27.0. The molecule has 2 atom stereocenters. The van der Waals surface area contributed by atoms with E-state index in [-0.39, 0.29) is 11.8 Å². The second-order valence-corrected chi connectivity index (χ2v) is 14.9. The second-order valence-electron chi connectivity index (χ2n) is 14.9. The Bertz CT molecular complexity index is 3220. The molecule has 5 nitrogen and oxygen atoms in total. The van der Waals surface area contributed by atoms with E-state index in [1.54, 1.807) is 0 Å². The van der Waals surface area contributed by atoms with Crippen molar-refractivity contribution in [2.75, 3.05) is 0 Å². The summed E-state index contributed by atoms with van der Waals surface area (Å²) < 4.78 is 8.70. The van der Waals surface area contributed by atoms with E-state index in [2.05, 4.69) is 170 Å². The molecule has 11 rings (SSSR count). The fourth-order valence-electron chi connectivity index (χ4n) is 8.94. The van der Waals surface area contributed by atoms with Crippen molar-refractivity contribution < 1.29 is 4.42 Å². The van der Waals surface area contributed by atoms with Crippen LogP contribution in [0.2, 0.25) is 0 Å². The SMILES string of the molecule is Cc1nc(-c2ccccc2-c2ccc3c(c2)c2cc4ccccc4cc2n3-c2ccc3oc4cccc(C)c4c3c2)nc(C2c3ccccc3C=CC2C)n1. The van der Waals surface area contributed by atoms with E-state index >= 15 is 0 Å². The summed E-state index contributed by atoms with van der Waals surface area (Å²) in [5.41, 5.74) is 12.1. The highest BCUT2D eigenvalue weighted by molar-refractivity contribution is 6.15. The van der Waals surface area contributed by atoms with Gasteiger partial charge in [0.15, 0.2) is 5.82 Å². The van der Waals surface area contributed by atoms with Crippen LogP contribution in [-0.2, 0) is 0 Å². The van der Waals surface area contributed by atoms with Crippen molar-refractivity contribution in [1.29, 1.82) is 0 Å². The Kier molecular flexibility index (Phi) is 6.96. The summed E-state index contributed by atoms with van der Waals surface area (Å²) in [6.45, 7) is 6.37. The van der Waals surface area contributed by atoms with E-state index in [1.165, 1.54) is 43.6 Å². The van der Waals surface area contributed by atoms with Crippen LogP contribution in [0.5, 0.6) is 0 Å². The number of rotatable bonds is 4. The first-order valence-electron chi connectivity index (χ1n) is 19.0. The van der Waals surface area contributed by atoms with Gasteiger partial charge in [-0.1, -0.05) is 110 Å². The highest BCUT2D eigenvalue weighted by atomic mass is 16.3. The van der Waals surface area contributed by atoms with Crippen molar-refractivity contribution in [3.05, 3.63) is 174 Å². The topological polar surface area (TPSA) is 56.7 Å². The molecule has 3 aromatic heterocycles. The minimum Gasteiger partial charge on any atom is -0.456 e. The molecule has 0 aliphatic heterocycles. The number of hydrogen-bond acceptors (Lipinski definition) is 4. The molecule has 0 spiro atoms. The van der Waals surface area contributed by atoms with Gasteiger partial charge in [0.1, 0.15) is 22.8 Å². The molecule has 3 heterocycles. The highest BCUT2D eigenvalue weighted by Gasteiger charge is 2.28. The third-order valence-electron chi connectivity index (χ3n) is 11.5. The van der Waals surface area contributed by atoms with Gasteiger partial charge in [-0.2, -0.15) is 0 Å². The maximum atomic E-state index is 6.29. The summed E-state index contributed by atoms with van der Waals surface area (Å²) >= 11 is 0. The van der Waals surface area contributed by atoms with Gasteiger partial charge in [-0.25, -0.2) is 15.0 Å². The third-order valence-corrected chi connectivity index (χ3v) is 11.5. The van der Waals surface area contributed by atoms with Crippen LogP contribution in [0.15, 0.2) is 150 Å². The summed E-state index contributed by atoms with van der Waals surface area (Å²) in [6, 6.07) is 50.1. The smallest absolute Gasteiger partial charge is 0.163 e. The van der Waals surface area contributed by atoms with Gasteiger partial charge < -0.3 is 8.98 Å². The minimum absolute atomic E-state index is 0.0503. The number of aryl methyl sites for hydroxylation is 2. The number of aromatic nitrogens is 4. The third kappa shape index (κ3) is 4.96. The molecule has 0 saturated heterocycles. The Morgan fingerprint density at radius 1 is 0.600 bits per heavy atom. The lowest BCUT2D eigenvalue weighted by Gasteiger charge is -2.26. The lowest BCUT2D eigenvalue weighted by molar-refractivity contribution is 0.581. The van der Waals surface area contributed by atoms with Crippen molar-refractivity contribution in [3.63, 3.8) is 0 Å². The van der Waals surface area contributed by atoms with E-state index in [1.807, 2.05) is 6.92 Å². The van der Waals surface area contributed by atoms with Crippen molar-refractivity contribution in [1.82, 2.24) is 19.5 Å². The van der Waals surface area contributed by atoms with Gasteiger partial charge in [-0.05, 0) is 107 Å². The van der Waals surface area contributed by atoms with Gasteiger partial charge in [0, 0.05) is 32.8 Å². The maximum absolute atomic E-state index is 6.29. The first kappa shape index (κ1) is 31.7. The lowest BCUT2D eigenvalue weighted by atomic mass is 9.79. The van der Waals surface area contributed by atoms with Gasteiger partial charge in [0.2, 0.25) is 0 Å².